The van der Waals surface area contributed by atoms with Crippen LogP contribution >= 0.6 is 11.3 Å². The summed E-state index contributed by atoms with van der Waals surface area (Å²) in [7, 11) is -3.15. The van der Waals surface area contributed by atoms with Gasteiger partial charge in [-0.1, -0.05) is 18.6 Å². The highest BCUT2D eigenvalue weighted by Crippen LogP contribution is 2.40. The van der Waals surface area contributed by atoms with Crippen molar-refractivity contribution in [2.75, 3.05) is 63.6 Å². The van der Waals surface area contributed by atoms with Crippen LogP contribution in [-0.2, 0) is 32.6 Å². The van der Waals surface area contributed by atoms with Crippen molar-refractivity contribution in [1.82, 2.24) is 24.5 Å². The Labute approximate surface area is 262 Å². The summed E-state index contributed by atoms with van der Waals surface area (Å²) < 4.78 is 34.4. The van der Waals surface area contributed by atoms with Crippen molar-refractivity contribution < 1.29 is 23.2 Å². The second-order valence-corrected chi connectivity index (χ2v) is 14.8. The third-order valence-electron chi connectivity index (χ3n) is 8.50. The lowest BCUT2D eigenvalue weighted by Gasteiger charge is -2.32. The lowest BCUT2D eigenvalue weighted by molar-refractivity contribution is -0.129. The molecule has 0 spiro atoms. The molecule has 2 N–H and O–H groups in total. The molecule has 236 valence electrons. The number of sulfonamides is 1. The smallest absolute Gasteiger partial charge is 0.243 e. The second kappa shape index (κ2) is 13.5. The maximum Gasteiger partial charge on any atom is 0.243 e. The van der Waals surface area contributed by atoms with E-state index in [0.29, 0.717) is 32.7 Å². The zero-order valence-corrected chi connectivity index (χ0v) is 26.7. The number of unbranched alkanes of at least 4 members (excludes halogenated alkanes) is 2. The number of ether oxygens (including phenoxy) is 1. The van der Waals surface area contributed by atoms with E-state index in [1.807, 2.05) is 16.0 Å². The highest BCUT2D eigenvalue weighted by molar-refractivity contribution is 7.88. The van der Waals surface area contributed by atoms with E-state index >= 15 is 0 Å². The molecule has 2 aromatic heterocycles. The number of aryl methyl sites for hydroxylation is 1. The summed E-state index contributed by atoms with van der Waals surface area (Å²) in [5, 5.41) is 15.8. The van der Waals surface area contributed by atoms with Crippen LogP contribution in [0.2, 0.25) is 0 Å². The van der Waals surface area contributed by atoms with E-state index in [9.17, 15) is 13.2 Å². The molecule has 0 saturated carbocycles. The summed E-state index contributed by atoms with van der Waals surface area (Å²) in [4.78, 5) is 17.3. The van der Waals surface area contributed by atoms with Crippen LogP contribution in [0.25, 0.3) is 32.1 Å². The van der Waals surface area contributed by atoms with Crippen LogP contribution in [0.4, 0.5) is 5.69 Å². The number of hydroxylamine groups is 1. The topological polar surface area (TPSA) is 120 Å². The number of nitrogens with one attached hydrogen (secondary N) is 1. The monoisotopic (exact) mass is 640 g/mol. The van der Waals surface area contributed by atoms with E-state index in [-0.39, 0.29) is 5.91 Å². The van der Waals surface area contributed by atoms with E-state index in [0.717, 1.165) is 80.6 Å². The van der Waals surface area contributed by atoms with Gasteiger partial charge in [-0.15, -0.1) is 11.3 Å². The van der Waals surface area contributed by atoms with Crippen molar-refractivity contribution in [3.63, 3.8) is 0 Å². The SMILES string of the molecule is CS(=O)(=O)N1CCN(Cc2cc3cc(-c4cccc5nn(CCCCCC(=O)NO)cc45)cc(N4CCOCC4)c3s2)CC1. The standard InChI is InChI=1S/C31H40N6O5S2/c1-44(40,41)37-12-10-34(11-13-37)21-25-19-24-18-23(20-29(31(24)43-25)35-14-16-42-17-15-35)26-6-5-7-28-27(26)22-36(32-28)9-4-2-3-8-30(38)33-39/h5-7,18-20,22,39H,2-4,8-17,21H2,1H3,(H,33,38). The number of carbonyl (C=O) groups excluding carboxylic acids is 1. The summed E-state index contributed by atoms with van der Waals surface area (Å²) in [5.74, 6) is -0.349. The molecule has 2 aliphatic rings. The molecule has 0 unspecified atom stereocenters. The van der Waals surface area contributed by atoms with Crippen LogP contribution in [-0.4, -0.2) is 97.3 Å². The van der Waals surface area contributed by atoms with Crippen molar-refractivity contribution in [1.29, 1.82) is 0 Å². The third-order valence-corrected chi connectivity index (χ3v) is 11.0. The van der Waals surface area contributed by atoms with Gasteiger partial charge in [-0.3, -0.25) is 19.6 Å². The maximum atomic E-state index is 12.0. The number of amides is 1. The summed E-state index contributed by atoms with van der Waals surface area (Å²) in [6.07, 6.45) is 6.23. The number of fused-ring (bicyclic) bond motifs is 2. The Morgan fingerprint density at radius 1 is 1.05 bits per heavy atom. The van der Waals surface area contributed by atoms with Gasteiger partial charge >= 0.3 is 0 Å². The van der Waals surface area contributed by atoms with Crippen LogP contribution in [0.1, 0.15) is 30.6 Å². The maximum absolute atomic E-state index is 12.0. The number of rotatable bonds is 11. The summed E-state index contributed by atoms with van der Waals surface area (Å²) in [5.41, 5.74) is 6.18. The average molecular weight is 641 g/mol. The first-order chi connectivity index (χ1) is 21.3. The Morgan fingerprint density at radius 3 is 2.59 bits per heavy atom. The Morgan fingerprint density at radius 2 is 1.84 bits per heavy atom. The number of nitrogens with zero attached hydrogens (tertiary/aromatic N) is 5. The second-order valence-electron chi connectivity index (χ2n) is 11.6. The fraction of sp³-hybridized carbons (Fsp3) is 0.484. The summed E-state index contributed by atoms with van der Waals surface area (Å²) in [6.45, 7) is 7.21. The molecule has 13 heteroatoms. The Bertz CT molecular complexity index is 1720. The number of anilines is 1. The van der Waals surface area contributed by atoms with Crippen LogP contribution in [0.3, 0.4) is 0 Å². The van der Waals surface area contributed by atoms with Gasteiger partial charge in [-0.25, -0.2) is 13.9 Å². The van der Waals surface area contributed by atoms with Crippen molar-refractivity contribution in [3.05, 3.63) is 47.5 Å². The zero-order chi connectivity index (χ0) is 30.7. The number of carbonyl (C=O) groups is 1. The van der Waals surface area contributed by atoms with E-state index in [1.165, 1.54) is 26.9 Å². The van der Waals surface area contributed by atoms with Gasteiger partial charge in [0.2, 0.25) is 15.9 Å². The van der Waals surface area contributed by atoms with Gasteiger partial charge in [0.05, 0.1) is 35.4 Å². The first kappa shape index (κ1) is 30.9. The van der Waals surface area contributed by atoms with Crippen molar-refractivity contribution >= 4 is 53.9 Å². The highest BCUT2D eigenvalue weighted by Gasteiger charge is 2.24. The minimum absolute atomic E-state index is 0.319. The van der Waals surface area contributed by atoms with Gasteiger partial charge in [0.15, 0.2) is 0 Å². The van der Waals surface area contributed by atoms with Crippen LogP contribution in [0.5, 0.6) is 0 Å². The van der Waals surface area contributed by atoms with Crippen molar-refractivity contribution in [3.8, 4) is 11.1 Å². The molecule has 11 nitrogen and oxygen atoms in total. The minimum atomic E-state index is -3.15. The van der Waals surface area contributed by atoms with E-state index < -0.39 is 10.0 Å². The molecule has 2 aliphatic heterocycles. The molecule has 44 heavy (non-hydrogen) atoms. The molecule has 0 radical (unpaired) electrons. The normalized spacial score (nSPS) is 17.1. The number of piperazine rings is 1. The first-order valence-corrected chi connectivity index (χ1v) is 17.9. The minimum Gasteiger partial charge on any atom is -0.378 e. The predicted molar refractivity (Wildman–Crippen MR) is 174 cm³/mol. The molecule has 1 amide bonds. The van der Waals surface area contributed by atoms with Crippen LogP contribution in [0.15, 0.2) is 42.6 Å². The van der Waals surface area contributed by atoms with E-state index in [1.54, 1.807) is 9.79 Å². The number of hydrogen-bond acceptors (Lipinski definition) is 9. The quantitative estimate of drug-likeness (QED) is 0.144. The molecule has 6 rings (SSSR count). The number of thiophene rings is 1. The molecule has 0 aliphatic carbocycles. The Balaban J connectivity index is 1.26. The van der Waals surface area contributed by atoms with Gasteiger partial charge in [-0.2, -0.15) is 9.40 Å². The van der Waals surface area contributed by atoms with Crippen molar-refractivity contribution in [2.24, 2.45) is 0 Å². The fourth-order valence-corrected chi connectivity index (χ4v) is 8.20. The zero-order valence-electron chi connectivity index (χ0n) is 25.1. The number of morpholine rings is 1. The largest absolute Gasteiger partial charge is 0.378 e. The molecule has 0 bridgehead atoms. The Hall–Kier alpha value is -3.07. The van der Waals surface area contributed by atoms with Gasteiger partial charge in [0, 0.05) is 75.2 Å². The van der Waals surface area contributed by atoms with E-state index in [4.69, 9.17) is 15.0 Å². The van der Waals surface area contributed by atoms with Crippen molar-refractivity contribution in [2.45, 2.75) is 38.8 Å². The molecule has 2 saturated heterocycles. The molecule has 2 fully saturated rings. The number of benzene rings is 2. The molecular formula is C31H40N6O5S2. The van der Waals surface area contributed by atoms with Crippen LogP contribution < -0.4 is 10.4 Å². The fourth-order valence-electron chi connectivity index (χ4n) is 6.15. The van der Waals surface area contributed by atoms with Gasteiger partial charge in [0.25, 0.3) is 0 Å². The molecular weight excluding hydrogens is 601 g/mol. The first-order valence-electron chi connectivity index (χ1n) is 15.2. The summed E-state index contributed by atoms with van der Waals surface area (Å²) >= 11 is 1.83. The summed E-state index contributed by atoms with van der Waals surface area (Å²) in [6, 6.07) is 13.2. The number of aromatic nitrogens is 2. The van der Waals surface area contributed by atoms with Gasteiger partial charge in [-0.05, 0) is 53.6 Å². The Kier molecular flexibility index (Phi) is 9.50. The van der Waals surface area contributed by atoms with Gasteiger partial charge < -0.3 is 9.64 Å². The number of hydrogen-bond donors (Lipinski definition) is 2. The molecule has 0 atom stereocenters. The third kappa shape index (κ3) is 7.08. The van der Waals surface area contributed by atoms with Gasteiger partial charge in [0.1, 0.15) is 0 Å². The lowest BCUT2D eigenvalue weighted by Crippen LogP contribution is -2.47. The molecule has 4 heterocycles. The predicted octanol–water partition coefficient (Wildman–Crippen LogP) is 3.90. The average Bonchev–Trinajstić information content (AvgIpc) is 3.63. The highest BCUT2D eigenvalue weighted by atomic mass is 32.2. The van der Waals surface area contributed by atoms with Crippen LogP contribution in [0, 0.1) is 0 Å². The lowest BCUT2D eigenvalue weighted by atomic mass is 9.99. The molecule has 2 aromatic carbocycles. The van der Waals surface area contributed by atoms with E-state index in [2.05, 4.69) is 52.4 Å². The molecule has 4 aromatic rings.